The molecule has 0 aromatic heterocycles. The van der Waals surface area contributed by atoms with Crippen LogP contribution >= 0.6 is 0 Å². The van der Waals surface area contributed by atoms with Gasteiger partial charge in [-0.1, -0.05) is 18.2 Å². The zero-order valence-corrected chi connectivity index (χ0v) is 12.1. The van der Waals surface area contributed by atoms with Gasteiger partial charge in [-0.3, -0.25) is 0 Å². The molecule has 1 aromatic carbocycles. The Kier molecular flexibility index (Phi) is 5.22. The fourth-order valence-electron chi connectivity index (χ4n) is 2.31. The van der Waals surface area contributed by atoms with Crippen molar-refractivity contribution in [1.29, 1.82) is 0 Å². The fraction of sp³-hybridized carbons (Fsp3) is 0.400. The number of cyclic esters (lactones) is 1. The van der Waals surface area contributed by atoms with Gasteiger partial charge in [0.05, 0.1) is 19.3 Å². The molecule has 0 bridgehead atoms. The molecular formula is C15H18O8. The Morgan fingerprint density at radius 3 is 2.35 bits per heavy atom. The monoisotopic (exact) mass is 326 g/mol. The Labute approximate surface area is 131 Å². The fourth-order valence-corrected chi connectivity index (χ4v) is 2.31. The Morgan fingerprint density at radius 2 is 1.78 bits per heavy atom. The number of aliphatic hydroxyl groups is 5. The molecule has 5 N–H and O–H groups in total. The molecule has 0 saturated carbocycles. The van der Waals surface area contributed by atoms with E-state index in [0.29, 0.717) is 0 Å². The zero-order valence-electron chi connectivity index (χ0n) is 12.1. The maximum atomic E-state index is 12.0. The minimum absolute atomic E-state index is 0.253. The van der Waals surface area contributed by atoms with Gasteiger partial charge in [0.2, 0.25) is 5.60 Å². The van der Waals surface area contributed by atoms with E-state index in [4.69, 9.17) is 19.7 Å². The molecular weight excluding hydrogens is 308 g/mol. The second-order valence-corrected chi connectivity index (χ2v) is 5.11. The number of hydrogen-bond donors (Lipinski definition) is 5. The molecule has 0 aliphatic carbocycles. The van der Waals surface area contributed by atoms with Crippen LogP contribution in [0.5, 0.6) is 5.75 Å². The highest BCUT2D eigenvalue weighted by Gasteiger charge is 2.55. The molecule has 1 heterocycles. The van der Waals surface area contributed by atoms with E-state index in [1.807, 2.05) is 0 Å². The molecule has 1 aliphatic rings. The van der Waals surface area contributed by atoms with Gasteiger partial charge in [-0.25, -0.2) is 4.79 Å². The van der Waals surface area contributed by atoms with E-state index in [-0.39, 0.29) is 5.75 Å². The highest BCUT2D eigenvalue weighted by molar-refractivity contribution is 5.91. The van der Waals surface area contributed by atoms with Gasteiger partial charge in [0.15, 0.2) is 5.76 Å². The Balaban J connectivity index is 2.38. The summed E-state index contributed by atoms with van der Waals surface area (Å²) in [6.07, 6.45) is -3.60. The first-order valence-corrected chi connectivity index (χ1v) is 6.92. The van der Waals surface area contributed by atoms with Gasteiger partial charge in [-0.2, -0.15) is 0 Å². The summed E-state index contributed by atoms with van der Waals surface area (Å²) in [6, 6.07) is 8.11. The van der Waals surface area contributed by atoms with Crippen molar-refractivity contribution in [2.24, 2.45) is 0 Å². The summed E-state index contributed by atoms with van der Waals surface area (Å²) >= 11 is 0. The number of rotatable bonds is 7. The van der Waals surface area contributed by atoms with E-state index in [2.05, 4.69) is 0 Å². The summed E-state index contributed by atoms with van der Waals surface area (Å²) in [5, 5.41) is 48.0. The number of benzene rings is 1. The molecule has 0 saturated heterocycles. The van der Waals surface area contributed by atoms with Crippen molar-refractivity contribution in [3.63, 3.8) is 0 Å². The average molecular weight is 326 g/mol. The summed E-state index contributed by atoms with van der Waals surface area (Å²) in [5.74, 6) is -2.10. The Hall–Kier alpha value is -2.13. The molecule has 0 amide bonds. The first-order valence-electron chi connectivity index (χ1n) is 6.92. The number of hydrogen-bond acceptors (Lipinski definition) is 8. The third-order valence-electron chi connectivity index (χ3n) is 3.50. The van der Waals surface area contributed by atoms with Gasteiger partial charge >= 0.3 is 5.97 Å². The van der Waals surface area contributed by atoms with E-state index in [0.717, 1.165) is 0 Å². The molecule has 2 rings (SSSR count). The van der Waals surface area contributed by atoms with E-state index < -0.39 is 54.9 Å². The number of ether oxygens (including phenoxy) is 2. The number of carbonyl (C=O) groups excluding carboxylic acids is 1. The molecule has 0 spiro atoms. The predicted octanol–water partition coefficient (Wildman–Crippen LogP) is -0.773. The average Bonchev–Trinajstić information content (AvgIpc) is 2.80. The molecule has 8 heteroatoms. The van der Waals surface area contributed by atoms with Gasteiger partial charge in [0.25, 0.3) is 5.76 Å². The number of aliphatic hydroxyl groups excluding tert-OH is 5. The maximum Gasteiger partial charge on any atom is 0.379 e. The van der Waals surface area contributed by atoms with Crippen LogP contribution in [0.4, 0.5) is 0 Å². The molecule has 23 heavy (non-hydrogen) atoms. The predicted molar refractivity (Wildman–Crippen MR) is 76.4 cm³/mol. The van der Waals surface area contributed by atoms with E-state index >= 15 is 0 Å². The van der Waals surface area contributed by atoms with Crippen LogP contribution in [0.15, 0.2) is 41.9 Å². The number of carbonyl (C=O) groups is 1. The van der Waals surface area contributed by atoms with Crippen LogP contribution in [-0.4, -0.2) is 62.5 Å². The summed E-state index contributed by atoms with van der Waals surface area (Å²) in [6.45, 7) is -1.52. The quantitative estimate of drug-likeness (QED) is 0.412. The van der Waals surface area contributed by atoms with Crippen LogP contribution < -0.4 is 4.74 Å². The van der Waals surface area contributed by atoms with Crippen molar-refractivity contribution in [2.75, 3.05) is 13.2 Å². The summed E-state index contributed by atoms with van der Waals surface area (Å²) < 4.78 is 10.3. The lowest BCUT2D eigenvalue weighted by atomic mass is 9.88. The molecule has 126 valence electrons. The highest BCUT2D eigenvalue weighted by Crippen LogP contribution is 2.38. The van der Waals surface area contributed by atoms with Crippen LogP contribution in [0.3, 0.4) is 0 Å². The van der Waals surface area contributed by atoms with E-state index in [9.17, 15) is 20.1 Å². The Bertz CT molecular complexity index is 584. The van der Waals surface area contributed by atoms with Gasteiger partial charge in [0.1, 0.15) is 11.9 Å². The van der Waals surface area contributed by atoms with Crippen molar-refractivity contribution in [2.45, 2.75) is 24.2 Å². The van der Waals surface area contributed by atoms with E-state index in [1.54, 1.807) is 30.3 Å². The summed E-state index contributed by atoms with van der Waals surface area (Å²) in [4.78, 5) is 12.0. The molecule has 1 unspecified atom stereocenters. The van der Waals surface area contributed by atoms with Crippen molar-refractivity contribution in [3.05, 3.63) is 41.9 Å². The van der Waals surface area contributed by atoms with Gasteiger partial charge in [-0.05, 0) is 12.1 Å². The molecule has 8 nitrogen and oxygen atoms in total. The minimum atomic E-state index is -2.09. The summed E-state index contributed by atoms with van der Waals surface area (Å²) in [7, 11) is 0. The lowest BCUT2D eigenvalue weighted by Crippen LogP contribution is -2.49. The van der Waals surface area contributed by atoms with Crippen LogP contribution in [0.25, 0.3) is 0 Å². The molecule has 1 aromatic rings. The van der Waals surface area contributed by atoms with Crippen molar-refractivity contribution < 1.29 is 39.8 Å². The minimum Gasteiger partial charge on any atom is -0.505 e. The largest absolute Gasteiger partial charge is 0.505 e. The third kappa shape index (κ3) is 3.30. The molecule has 3 atom stereocenters. The topological polar surface area (TPSA) is 137 Å². The second kappa shape index (κ2) is 6.97. The smallest absolute Gasteiger partial charge is 0.379 e. The molecule has 1 aliphatic heterocycles. The first kappa shape index (κ1) is 17.2. The molecule has 0 radical (unpaired) electrons. The van der Waals surface area contributed by atoms with Crippen molar-refractivity contribution in [1.82, 2.24) is 0 Å². The van der Waals surface area contributed by atoms with Crippen molar-refractivity contribution >= 4 is 5.97 Å². The van der Waals surface area contributed by atoms with Crippen LogP contribution in [0.2, 0.25) is 0 Å². The summed E-state index contributed by atoms with van der Waals surface area (Å²) in [5.41, 5.74) is -2.09. The molecule has 0 fully saturated rings. The SMILES string of the molecule is O=C1O[C@](CC(O)CO)([C@@H](O)CO)C(O)=C1Oc1ccccc1. The maximum absolute atomic E-state index is 12.0. The van der Waals surface area contributed by atoms with Gasteiger partial charge < -0.3 is 35.0 Å². The normalized spacial score (nSPS) is 23.6. The highest BCUT2D eigenvalue weighted by atomic mass is 16.6. The second-order valence-electron chi connectivity index (χ2n) is 5.11. The lowest BCUT2D eigenvalue weighted by Gasteiger charge is -2.32. The third-order valence-corrected chi connectivity index (χ3v) is 3.50. The van der Waals surface area contributed by atoms with Crippen LogP contribution in [0, 0.1) is 0 Å². The Morgan fingerprint density at radius 1 is 1.13 bits per heavy atom. The number of esters is 1. The van der Waals surface area contributed by atoms with Crippen LogP contribution in [0.1, 0.15) is 6.42 Å². The van der Waals surface area contributed by atoms with Gasteiger partial charge in [0, 0.05) is 6.42 Å². The standard InChI is InChI=1S/C15H18O8/c16-7-9(18)6-15(11(19)8-17)13(20)12(14(21)23-15)22-10-4-2-1-3-5-10/h1-5,9,11,16-20H,6-8H2/t9?,11-,15+/m0/s1. The lowest BCUT2D eigenvalue weighted by molar-refractivity contribution is -0.169. The first-order chi connectivity index (χ1) is 10.9. The number of para-hydroxylation sites is 1. The van der Waals surface area contributed by atoms with Crippen LogP contribution in [-0.2, 0) is 9.53 Å². The van der Waals surface area contributed by atoms with Gasteiger partial charge in [-0.15, -0.1) is 0 Å². The van der Waals surface area contributed by atoms with E-state index in [1.165, 1.54) is 0 Å². The zero-order chi connectivity index (χ0) is 17.0. The van der Waals surface area contributed by atoms with Crippen molar-refractivity contribution in [3.8, 4) is 5.75 Å².